The molecule has 0 aliphatic carbocycles. The highest BCUT2D eigenvalue weighted by atomic mass is 32.2. The van der Waals surface area contributed by atoms with Crippen LogP contribution >= 0.6 is 0 Å². The van der Waals surface area contributed by atoms with E-state index in [1.807, 2.05) is 0 Å². The molecular formula is C38H30BN4O14S4. The summed E-state index contributed by atoms with van der Waals surface area (Å²) in [6.45, 7) is 0. The Balaban J connectivity index is 1.05. The highest BCUT2D eigenvalue weighted by molar-refractivity contribution is 7.93. The molecule has 61 heavy (non-hydrogen) atoms. The van der Waals surface area contributed by atoms with Crippen LogP contribution in [0, 0.1) is 0 Å². The van der Waals surface area contributed by atoms with Crippen LogP contribution in [0.3, 0.4) is 0 Å². The van der Waals surface area contributed by atoms with E-state index in [1.54, 1.807) is 0 Å². The molecule has 0 aromatic heterocycles. The number of carboxylic acids is 2. The number of nitrogens with one attached hydrogen (secondary N) is 4. The molecule has 313 valence electrons. The number of carbonyl (C=O) groups is 2. The van der Waals surface area contributed by atoms with Gasteiger partial charge in [-0.15, -0.1) is 0 Å². The van der Waals surface area contributed by atoms with Gasteiger partial charge in [0.15, 0.2) is 0 Å². The smallest absolute Gasteiger partial charge is 0.526 e. The van der Waals surface area contributed by atoms with Crippen LogP contribution < -0.4 is 28.2 Å². The molecule has 0 aliphatic rings. The SMILES string of the molecule is O=C(O)c1ccc(S(=O)(=O)Nc2cccc(S(=O)(=O)Nc3cccc(O[B]Oc4cccc(NS(=O)(=O)c5cccc(NS(=O)(=O)c6ccc(C(=O)O)cc6)c5)c4)c3)c2)cc1. The molecule has 6 rings (SSSR count). The average Bonchev–Trinajstić information content (AvgIpc) is 3.21. The van der Waals surface area contributed by atoms with Crippen molar-refractivity contribution < 1.29 is 62.8 Å². The van der Waals surface area contributed by atoms with Gasteiger partial charge in [-0.25, -0.2) is 43.3 Å². The van der Waals surface area contributed by atoms with E-state index in [1.165, 1.54) is 84.9 Å². The first kappa shape index (κ1) is 43.5. The highest BCUT2D eigenvalue weighted by Crippen LogP contribution is 2.26. The van der Waals surface area contributed by atoms with Crippen molar-refractivity contribution in [2.75, 3.05) is 18.9 Å². The topological polar surface area (TPSA) is 278 Å². The van der Waals surface area contributed by atoms with Crippen molar-refractivity contribution in [1.29, 1.82) is 0 Å². The predicted molar refractivity (Wildman–Crippen MR) is 223 cm³/mol. The first-order valence-electron chi connectivity index (χ1n) is 17.1. The van der Waals surface area contributed by atoms with Crippen LogP contribution in [-0.4, -0.2) is 63.5 Å². The molecule has 0 aliphatic heterocycles. The predicted octanol–water partition coefficient (Wildman–Crippen LogP) is 5.28. The summed E-state index contributed by atoms with van der Waals surface area (Å²) in [6, 6.07) is 30.4. The van der Waals surface area contributed by atoms with E-state index in [0.29, 0.717) is 0 Å². The van der Waals surface area contributed by atoms with E-state index in [2.05, 4.69) is 18.9 Å². The third kappa shape index (κ3) is 11.2. The minimum Gasteiger partial charge on any atom is -0.526 e. The van der Waals surface area contributed by atoms with Gasteiger partial charge in [0.2, 0.25) is 0 Å². The van der Waals surface area contributed by atoms with E-state index in [0.717, 1.165) is 68.3 Å². The lowest BCUT2D eigenvalue weighted by molar-refractivity contribution is 0.0686. The molecule has 0 fully saturated rings. The number of hydrogen-bond acceptors (Lipinski definition) is 12. The molecule has 6 aromatic carbocycles. The summed E-state index contributed by atoms with van der Waals surface area (Å²) in [5.74, 6) is -2.22. The van der Waals surface area contributed by atoms with Gasteiger partial charge in [-0.05, 0) is 109 Å². The lowest BCUT2D eigenvalue weighted by Gasteiger charge is -2.13. The Labute approximate surface area is 350 Å². The summed E-state index contributed by atoms with van der Waals surface area (Å²) >= 11 is 0. The summed E-state index contributed by atoms with van der Waals surface area (Å²) in [5.41, 5.74) is -0.253. The van der Waals surface area contributed by atoms with Crippen molar-refractivity contribution in [3.8, 4) is 11.5 Å². The summed E-state index contributed by atoms with van der Waals surface area (Å²) in [7, 11) is -16.0. The Kier molecular flexibility index (Phi) is 12.6. The van der Waals surface area contributed by atoms with Crippen molar-refractivity contribution in [1.82, 2.24) is 0 Å². The van der Waals surface area contributed by atoms with Crippen LogP contribution in [0.25, 0.3) is 0 Å². The highest BCUT2D eigenvalue weighted by Gasteiger charge is 2.21. The van der Waals surface area contributed by atoms with Crippen molar-refractivity contribution in [2.45, 2.75) is 19.6 Å². The fraction of sp³-hybridized carbons (Fsp3) is 0. The Bertz CT molecular complexity index is 2870. The third-order valence-corrected chi connectivity index (χ3v) is 13.7. The fourth-order valence-electron chi connectivity index (χ4n) is 5.26. The van der Waals surface area contributed by atoms with Crippen LogP contribution in [0.4, 0.5) is 22.7 Å². The van der Waals surface area contributed by atoms with E-state index in [9.17, 15) is 43.3 Å². The van der Waals surface area contributed by atoms with Crippen molar-refractivity contribution >= 4 is 82.5 Å². The van der Waals surface area contributed by atoms with E-state index < -0.39 is 52.0 Å². The molecule has 18 nitrogen and oxygen atoms in total. The van der Waals surface area contributed by atoms with Gasteiger partial charge in [0.25, 0.3) is 40.1 Å². The van der Waals surface area contributed by atoms with Crippen LogP contribution in [-0.2, 0) is 40.1 Å². The summed E-state index contributed by atoms with van der Waals surface area (Å²) in [4.78, 5) is 21.2. The van der Waals surface area contributed by atoms with Crippen LogP contribution in [0.2, 0.25) is 0 Å². The maximum atomic E-state index is 13.3. The Morgan fingerprint density at radius 1 is 0.393 bits per heavy atom. The molecule has 0 atom stereocenters. The van der Waals surface area contributed by atoms with Gasteiger partial charge in [-0.3, -0.25) is 18.9 Å². The van der Waals surface area contributed by atoms with E-state index >= 15 is 0 Å². The van der Waals surface area contributed by atoms with Gasteiger partial charge < -0.3 is 19.5 Å². The molecule has 0 saturated carbocycles. The van der Waals surface area contributed by atoms with Gasteiger partial charge in [-0.2, -0.15) is 0 Å². The molecule has 0 bridgehead atoms. The Morgan fingerprint density at radius 2 is 0.689 bits per heavy atom. The second-order valence-corrected chi connectivity index (χ2v) is 19.3. The summed E-state index contributed by atoms with van der Waals surface area (Å²) in [6.07, 6.45) is 0. The largest absolute Gasteiger partial charge is 0.658 e. The normalized spacial score (nSPS) is 11.7. The van der Waals surface area contributed by atoms with Gasteiger partial charge in [-0.1, -0.05) is 24.3 Å². The van der Waals surface area contributed by atoms with Crippen molar-refractivity contribution in [2.24, 2.45) is 0 Å². The molecular weight excluding hydrogens is 876 g/mol. The van der Waals surface area contributed by atoms with Gasteiger partial charge >= 0.3 is 19.6 Å². The molecule has 6 N–H and O–H groups in total. The van der Waals surface area contributed by atoms with E-state index in [-0.39, 0.29) is 65.0 Å². The first-order chi connectivity index (χ1) is 28.8. The maximum Gasteiger partial charge on any atom is 0.658 e. The van der Waals surface area contributed by atoms with Gasteiger partial charge in [0, 0.05) is 12.1 Å². The maximum absolute atomic E-state index is 13.3. The Hall–Kier alpha value is -7.08. The zero-order valence-electron chi connectivity index (χ0n) is 30.9. The van der Waals surface area contributed by atoms with Crippen LogP contribution in [0.15, 0.2) is 165 Å². The molecule has 0 unspecified atom stereocenters. The van der Waals surface area contributed by atoms with Crippen molar-refractivity contribution in [3.05, 3.63) is 157 Å². The zero-order chi connectivity index (χ0) is 44.0. The standard InChI is InChI=1S/C38H30BN4O14S4/c44-37(45)25-13-17-33(18-14-25)58(48,49)42-29-7-3-11-35(23-29)60(52,53)40-27-5-1-9-31(21-27)56-39-57-32-10-2-6-28(22-32)41-61(54,55)36-12-4-8-30(24-36)43-59(50,51)34-19-15-26(16-20-34)38(46)47/h1-24,40-43H,(H,44,45)(H,46,47). The lowest BCUT2D eigenvalue weighted by Crippen LogP contribution is -2.16. The number of hydrogen-bond donors (Lipinski definition) is 6. The number of benzene rings is 6. The zero-order valence-corrected chi connectivity index (χ0v) is 34.1. The molecule has 0 amide bonds. The van der Waals surface area contributed by atoms with Gasteiger partial charge in [0.05, 0.1) is 53.5 Å². The summed E-state index contributed by atoms with van der Waals surface area (Å²) < 4.78 is 125. The number of aromatic carboxylic acids is 2. The van der Waals surface area contributed by atoms with Crippen molar-refractivity contribution in [3.63, 3.8) is 0 Å². The number of anilines is 4. The second kappa shape index (κ2) is 17.6. The monoisotopic (exact) mass is 905 g/mol. The Morgan fingerprint density at radius 3 is 1.02 bits per heavy atom. The molecule has 6 aromatic rings. The summed E-state index contributed by atoms with van der Waals surface area (Å²) in [5, 5.41) is 18.1. The minimum atomic E-state index is -4.27. The minimum absolute atomic E-state index is 0.0677. The molecule has 0 saturated heterocycles. The number of sulfonamides is 4. The van der Waals surface area contributed by atoms with E-state index in [4.69, 9.17) is 19.5 Å². The number of rotatable bonds is 18. The lowest BCUT2D eigenvalue weighted by atomic mass is 10.2. The first-order valence-corrected chi connectivity index (χ1v) is 23.1. The molecule has 1 radical (unpaired) electrons. The fourth-order valence-corrected chi connectivity index (χ4v) is 9.55. The van der Waals surface area contributed by atoms with Crippen LogP contribution in [0.1, 0.15) is 20.7 Å². The molecule has 0 spiro atoms. The molecule has 0 heterocycles. The average molecular weight is 906 g/mol. The molecule has 23 heteroatoms. The van der Waals surface area contributed by atoms with Crippen LogP contribution in [0.5, 0.6) is 11.5 Å². The second-order valence-electron chi connectivity index (χ2n) is 12.5. The van der Waals surface area contributed by atoms with Gasteiger partial charge in [0.1, 0.15) is 11.5 Å². The third-order valence-electron chi connectivity index (χ3n) is 8.16. The quantitative estimate of drug-likeness (QED) is 0.0599. The number of carboxylic acid groups (broad SMARTS) is 2.